The summed E-state index contributed by atoms with van der Waals surface area (Å²) in [6, 6.07) is 7.01. The third-order valence-corrected chi connectivity index (χ3v) is 4.28. The van der Waals surface area contributed by atoms with Crippen LogP contribution in [0.3, 0.4) is 0 Å². The number of halogens is 1. The van der Waals surface area contributed by atoms with Gasteiger partial charge < -0.3 is 9.80 Å². The van der Waals surface area contributed by atoms with E-state index in [1.54, 1.807) is 28.9 Å². The first-order valence-electron chi connectivity index (χ1n) is 7.47. The Morgan fingerprint density at radius 2 is 2.23 bits per heavy atom. The Morgan fingerprint density at radius 1 is 1.50 bits per heavy atom. The monoisotopic (exact) mass is 320 g/mol. The Labute approximate surface area is 136 Å². The highest BCUT2D eigenvalue weighted by atomic mass is 35.5. The van der Waals surface area contributed by atoms with Crippen LogP contribution in [0, 0.1) is 0 Å². The molecule has 4 nitrogen and oxygen atoms in total. The van der Waals surface area contributed by atoms with Crippen LogP contribution in [-0.2, 0) is 16.1 Å². The van der Waals surface area contributed by atoms with E-state index in [0.717, 1.165) is 12.0 Å². The molecule has 2 amide bonds. The zero-order chi connectivity index (χ0) is 16.1. The van der Waals surface area contributed by atoms with Crippen LogP contribution in [0.15, 0.2) is 36.9 Å². The predicted octanol–water partition coefficient (Wildman–Crippen LogP) is 2.87. The highest BCUT2D eigenvalue weighted by Crippen LogP contribution is 2.20. The quantitative estimate of drug-likeness (QED) is 0.756. The van der Waals surface area contributed by atoms with Gasteiger partial charge in [0.2, 0.25) is 11.8 Å². The number of nitrogens with zero attached hydrogens (tertiary/aromatic N) is 2. The summed E-state index contributed by atoms with van der Waals surface area (Å²) in [6.45, 7) is 6.99. The van der Waals surface area contributed by atoms with Crippen molar-refractivity contribution in [1.29, 1.82) is 0 Å². The van der Waals surface area contributed by atoms with Gasteiger partial charge in [-0.3, -0.25) is 9.59 Å². The fraction of sp³-hybridized carbons (Fsp3) is 0.412. The molecule has 0 aliphatic carbocycles. The first-order valence-corrected chi connectivity index (χ1v) is 7.85. The zero-order valence-corrected chi connectivity index (χ0v) is 13.6. The SMILES string of the molecule is C=CCN(Cc1ccccc1Cl)C(=O)[C@@H](C)N1CCCC1=O. The molecule has 22 heavy (non-hydrogen) atoms. The third kappa shape index (κ3) is 3.69. The fourth-order valence-corrected chi connectivity index (χ4v) is 2.89. The molecule has 1 aliphatic heterocycles. The van der Waals surface area contributed by atoms with E-state index in [1.807, 2.05) is 18.2 Å². The molecule has 1 saturated heterocycles. The van der Waals surface area contributed by atoms with Crippen LogP contribution in [0.4, 0.5) is 0 Å². The Balaban J connectivity index is 2.13. The van der Waals surface area contributed by atoms with Crippen molar-refractivity contribution in [3.63, 3.8) is 0 Å². The maximum Gasteiger partial charge on any atom is 0.245 e. The molecule has 1 heterocycles. The van der Waals surface area contributed by atoms with Gasteiger partial charge in [0.1, 0.15) is 6.04 Å². The number of likely N-dealkylation sites (tertiary alicyclic amines) is 1. The lowest BCUT2D eigenvalue weighted by molar-refractivity contribution is -0.142. The molecule has 118 valence electrons. The summed E-state index contributed by atoms with van der Waals surface area (Å²) < 4.78 is 0. The molecule has 1 fully saturated rings. The van der Waals surface area contributed by atoms with Gasteiger partial charge in [-0.25, -0.2) is 0 Å². The molecule has 1 aliphatic rings. The van der Waals surface area contributed by atoms with Gasteiger partial charge in [-0.15, -0.1) is 6.58 Å². The minimum atomic E-state index is -0.447. The standard InChI is InChI=1S/C17H21ClN2O2/c1-3-10-19(12-14-7-4-5-8-15(14)18)17(22)13(2)20-11-6-9-16(20)21/h3-5,7-8,13H,1,6,9-12H2,2H3/t13-/m1/s1. The molecular formula is C17H21ClN2O2. The van der Waals surface area contributed by atoms with Crippen molar-refractivity contribution < 1.29 is 9.59 Å². The first-order chi connectivity index (χ1) is 10.5. The maximum atomic E-state index is 12.7. The lowest BCUT2D eigenvalue weighted by Gasteiger charge is -2.30. The molecule has 1 aromatic rings. The average molecular weight is 321 g/mol. The van der Waals surface area contributed by atoms with Crippen LogP contribution in [-0.4, -0.2) is 40.7 Å². The first kappa shape index (κ1) is 16.6. The summed E-state index contributed by atoms with van der Waals surface area (Å²) in [6.07, 6.45) is 3.04. The van der Waals surface area contributed by atoms with E-state index in [2.05, 4.69) is 6.58 Å². The topological polar surface area (TPSA) is 40.6 Å². The van der Waals surface area contributed by atoms with E-state index >= 15 is 0 Å². The van der Waals surface area contributed by atoms with Gasteiger partial charge in [0, 0.05) is 31.1 Å². The van der Waals surface area contributed by atoms with Crippen LogP contribution in [0.2, 0.25) is 5.02 Å². The van der Waals surface area contributed by atoms with Gasteiger partial charge in [0.25, 0.3) is 0 Å². The summed E-state index contributed by atoms with van der Waals surface area (Å²) in [5, 5.41) is 0.634. The lowest BCUT2D eigenvalue weighted by Crippen LogP contribution is -2.47. The molecule has 0 unspecified atom stereocenters. The van der Waals surface area contributed by atoms with Gasteiger partial charge in [-0.05, 0) is 25.0 Å². The van der Waals surface area contributed by atoms with Crippen molar-refractivity contribution in [2.45, 2.75) is 32.4 Å². The van der Waals surface area contributed by atoms with Crippen molar-refractivity contribution >= 4 is 23.4 Å². The van der Waals surface area contributed by atoms with Crippen molar-refractivity contribution in [3.05, 3.63) is 47.5 Å². The third-order valence-electron chi connectivity index (χ3n) is 3.92. The molecule has 5 heteroatoms. The smallest absolute Gasteiger partial charge is 0.245 e. The van der Waals surface area contributed by atoms with Crippen LogP contribution in [0.25, 0.3) is 0 Å². The molecule has 2 rings (SSSR count). The van der Waals surface area contributed by atoms with Crippen molar-refractivity contribution in [1.82, 2.24) is 9.80 Å². The van der Waals surface area contributed by atoms with E-state index in [-0.39, 0.29) is 11.8 Å². The molecule has 0 radical (unpaired) electrons. The lowest BCUT2D eigenvalue weighted by atomic mass is 10.1. The van der Waals surface area contributed by atoms with Gasteiger partial charge in [-0.1, -0.05) is 35.9 Å². The van der Waals surface area contributed by atoms with Gasteiger partial charge in [0.05, 0.1) is 0 Å². The molecular weight excluding hydrogens is 300 g/mol. The van der Waals surface area contributed by atoms with E-state index in [1.165, 1.54) is 0 Å². The van der Waals surface area contributed by atoms with Gasteiger partial charge in [0.15, 0.2) is 0 Å². The van der Waals surface area contributed by atoms with Crippen LogP contribution >= 0.6 is 11.6 Å². The van der Waals surface area contributed by atoms with E-state index in [9.17, 15) is 9.59 Å². The molecule has 0 bridgehead atoms. The molecule has 0 saturated carbocycles. The average Bonchev–Trinajstić information content (AvgIpc) is 2.93. The molecule has 0 spiro atoms. The summed E-state index contributed by atoms with van der Waals surface area (Å²) >= 11 is 6.17. The van der Waals surface area contributed by atoms with Crippen LogP contribution in [0.5, 0.6) is 0 Å². The highest BCUT2D eigenvalue weighted by molar-refractivity contribution is 6.31. The number of rotatable bonds is 6. The van der Waals surface area contributed by atoms with Crippen molar-refractivity contribution in [2.75, 3.05) is 13.1 Å². The largest absolute Gasteiger partial charge is 0.333 e. The predicted molar refractivity (Wildman–Crippen MR) is 87.5 cm³/mol. The minimum absolute atomic E-state index is 0.0529. The normalized spacial score (nSPS) is 15.7. The second kappa shape index (κ2) is 7.45. The summed E-state index contributed by atoms with van der Waals surface area (Å²) in [5.41, 5.74) is 0.888. The fourth-order valence-electron chi connectivity index (χ4n) is 2.70. The number of amides is 2. The zero-order valence-electron chi connectivity index (χ0n) is 12.8. The van der Waals surface area contributed by atoms with E-state index in [4.69, 9.17) is 11.6 Å². The van der Waals surface area contributed by atoms with Crippen molar-refractivity contribution in [2.24, 2.45) is 0 Å². The van der Waals surface area contributed by atoms with E-state index < -0.39 is 6.04 Å². The second-order valence-corrected chi connectivity index (χ2v) is 5.87. The number of hydrogen-bond donors (Lipinski definition) is 0. The molecule has 1 atom stereocenters. The minimum Gasteiger partial charge on any atom is -0.333 e. The Kier molecular flexibility index (Phi) is 5.61. The number of hydrogen-bond acceptors (Lipinski definition) is 2. The van der Waals surface area contributed by atoms with Gasteiger partial charge in [-0.2, -0.15) is 0 Å². The van der Waals surface area contributed by atoms with Crippen molar-refractivity contribution in [3.8, 4) is 0 Å². The van der Waals surface area contributed by atoms with Crippen LogP contribution < -0.4 is 0 Å². The van der Waals surface area contributed by atoms with Crippen LogP contribution in [0.1, 0.15) is 25.3 Å². The highest BCUT2D eigenvalue weighted by Gasteiger charge is 2.31. The van der Waals surface area contributed by atoms with Gasteiger partial charge >= 0.3 is 0 Å². The second-order valence-electron chi connectivity index (χ2n) is 5.47. The maximum absolute atomic E-state index is 12.7. The number of benzene rings is 1. The molecule has 0 N–H and O–H groups in total. The number of carbonyl (C=O) groups excluding carboxylic acids is 2. The Morgan fingerprint density at radius 3 is 2.82 bits per heavy atom. The molecule has 0 aromatic heterocycles. The summed E-state index contributed by atoms with van der Waals surface area (Å²) in [5.74, 6) is -0.0211. The Hall–Kier alpha value is -1.81. The Bertz CT molecular complexity index is 574. The summed E-state index contributed by atoms with van der Waals surface area (Å²) in [4.78, 5) is 27.9. The van der Waals surface area contributed by atoms with E-state index in [0.29, 0.717) is 31.1 Å². The molecule has 1 aromatic carbocycles. The number of carbonyl (C=O) groups is 2. The summed E-state index contributed by atoms with van der Waals surface area (Å²) in [7, 11) is 0.